The summed E-state index contributed by atoms with van der Waals surface area (Å²) in [6.07, 6.45) is 0. The van der Waals surface area contributed by atoms with E-state index in [0.717, 1.165) is 0 Å². The largest absolute Gasteiger partial charge is 0.465 e. The third kappa shape index (κ3) is 2.47. The second-order valence-corrected chi connectivity index (χ2v) is 2.26. The molecule has 0 amide bonds. The molecule has 0 aliphatic heterocycles. The van der Waals surface area contributed by atoms with Crippen LogP contribution in [0.3, 0.4) is 0 Å². The number of methoxy groups -OCH3 is 1. The highest BCUT2D eigenvalue weighted by Crippen LogP contribution is 2.08. The Hall–Kier alpha value is 0.170. The van der Waals surface area contributed by atoms with Gasteiger partial charge in [0.1, 0.15) is 4.48 Å². The quantitative estimate of drug-likeness (QED) is 0.519. The molecule has 0 rings (SSSR count). The summed E-state index contributed by atoms with van der Waals surface area (Å²) in [4.78, 5) is 11.8. The van der Waals surface area contributed by atoms with Gasteiger partial charge in [-0.15, -0.1) is 0 Å². The van der Waals surface area contributed by atoms with Crippen LogP contribution in [0.2, 0.25) is 0 Å². The Labute approximate surface area is 64.2 Å². The number of hydrogen-bond donors (Lipinski definition) is 0. The second kappa shape index (κ2) is 4.09. The molecular formula is C4H4Br2O2. The Kier molecular flexibility index (Phi) is 4.18. The van der Waals surface area contributed by atoms with Crippen molar-refractivity contribution in [2.75, 3.05) is 7.11 Å². The summed E-state index contributed by atoms with van der Waals surface area (Å²) in [6.45, 7) is 0. The molecule has 0 aromatic heterocycles. The molecule has 0 fully saturated rings. The van der Waals surface area contributed by atoms with Gasteiger partial charge in [0.05, 0.1) is 7.11 Å². The Morgan fingerprint density at radius 1 is 1.75 bits per heavy atom. The number of hydrogen-bond acceptors (Lipinski definition) is 2. The molecule has 0 aromatic rings. The topological polar surface area (TPSA) is 26.3 Å². The third-order valence-electron chi connectivity index (χ3n) is 0.476. The van der Waals surface area contributed by atoms with Crippen molar-refractivity contribution >= 4 is 37.8 Å². The highest BCUT2D eigenvalue weighted by molar-refractivity contribution is 9.14. The first-order valence-electron chi connectivity index (χ1n) is 1.76. The van der Waals surface area contributed by atoms with Crippen molar-refractivity contribution in [3.8, 4) is 0 Å². The molecule has 46 valence electrons. The van der Waals surface area contributed by atoms with Crippen molar-refractivity contribution in [1.29, 1.82) is 0 Å². The molecule has 0 saturated carbocycles. The first-order chi connectivity index (χ1) is 3.72. The SMILES string of the molecule is COC(=O)/C(Br)=C\Br. The van der Waals surface area contributed by atoms with E-state index in [1.807, 2.05) is 0 Å². The van der Waals surface area contributed by atoms with E-state index in [2.05, 4.69) is 36.6 Å². The second-order valence-electron chi connectivity index (χ2n) is 0.949. The lowest BCUT2D eigenvalue weighted by Crippen LogP contribution is -1.97. The summed E-state index contributed by atoms with van der Waals surface area (Å²) in [5.41, 5.74) is 0. The molecule has 0 bridgehead atoms. The van der Waals surface area contributed by atoms with E-state index in [9.17, 15) is 4.79 Å². The molecule has 0 saturated heterocycles. The van der Waals surface area contributed by atoms with Gasteiger partial charge in [0.25, 0.3) is 0 Å². The molecular weight excluding hydrogens is 240 g/mol. The molecule has 0 N–H and O–H groups in total. The highest BCUT2D eigenvalue weighted by atomic mass is 79.9. The molecule has 0 radical (unpaired) electrons. The Bertz CT molecular complexity index is 119. The summed E-state index contributed by atoms with van der Waals surface area (Å²) < 4.78 is 4.69. The van der Waals surface area contributed by atoms with E-state index in [4.69, 9.17) is 0 Å². The molecule has 4 heteroatoms. The normalized spacial score (nSPS) is 11.1. The number of rotatable bonds is 1. The van der Waals surface area contributed by atoms with E-state index in [0.29, 0.717) is 4.48 Å². The number of carbonyl (C=O) groups excluding carboxylic acids is 1. The maximum atomic E-state index is 10.4. The number of carbonyl (C=O) groups is 1. The van der Waals surface area contributed by atoms with E-state index >= 15 is 0 Å². The monoisotopic (exact) mass is 242 g/mol. The van der Waals surface area contributed by atoms with E-state index < -0.39 is 0 Å². The van der Waals surface area contributed by atoms with Crippen LogP contribution in [0, 0.1) is 0 Å². The van der Waals surface area contributed by atoms with Gasteiger partial charge in [0.15, 0.2) is 0 Å². The predicted octanol–water partition coefficient (Wildman–Crippen LogP) is 1.79. The minimum absolute atomic E-state index is 0.375. The smallest absolute Gasteiger partial charge is 0.345 e. The molecule has 0 atom stereocenters. The highest BCUT2D eigenvalue weighted by Gasteiger charge is 2.01. The average Bonchev–Trinajstić information content (AvgIpc) is 1.84. The van der Waals surface area contributed by atoms with Crippen LogP contribution < -0.4 is 0 Å². The van der Waals surface area contributed by atoms with E-state index in [1.165, 1.54) is 12.1 Å². The van der Waals surface area contributed by atoms with Gasteiger partial charge in [-0.25, -0.2) is 4.79 Å². The number of esters is 1. The van der Waals surface area contributed by atoms with Gasteiger partial charge in [0.2, 0.25) is 0 Å². The van der Waals surface area contributed by atoms with Gasteiger partial charge >= 0.3 is 5.97 Å². The van der Waals surface area contributed by atoms with E-state index in [1.54, 1.807) is 0 Å². The average molecular weight is 244 g/mol. The van der Waals surface area contributed by atoms with Crippen LogP contribution in [0.25, 0.3) is 0 Å². The summed E-state index contributed by atoms with van der Waals surface area (Å²) in [5.74, 6) is -0.387. The minimum atomic E-state index is -0.387. The van der Waals surface area contributed by atoms with Crippen molar-refractivity contribution in [3.63, 3.8) is 0 Å². The third-order valence-corrected chi connectivity index (χ3v) is 2.10. The Balaban J connectivity index is 3.83. The van der Waals surface area contributed by atoms with Crippen LogP contribution in [-0.4, -0.2) is 13.1 Å². The lowest BCUT2D eigenvalue weighted by molar-refractivity contribution is -0.135. The van der Waals surface area contributed by atoms with Crippen LogP contribution >= 0.6 is 31.9 Å². The fourth-order valence-electron chi connectivity index (χ4n) is 0.142. The number of ether oxygens (including phenoxy) is 1. The Morgan fingerprint density at radius 3 is 2.38 bits per heavy atom. The number of halogens is 2. The van der Waals surface area contributed by atoms with Crippen LogP contribution in [0.4, 0.5) is 0 Å². The van der Waals surface area contributed by atoms with Gasteiger partial charge < -0.3 is 4.74 Å². The van der Waals surface area contributed by atoms with Crippen molar-refractivity contribution in [2.45, 2.75) is 0 Å². The van der Waals surface area contributed by atoms with Crippen molar-refractivity contribution in [2.24, 2.45) is 0 Å². The molecule has 0 aliphatic rings. The van der Waals surface area contributed by atoms with E-state index in [-0.39, 0.29) is 5.97 Å². The van der Waals surface area contributed by atoms with Crippen molar-refractivity contribution in [3.05, 3.63) is 9.47 Å². The molecule has 0 aliphatic carbocycles. The van der Waals surface area contributed by atoms with Crippen LogP contribution in [0.5, 0.6) is 0 Å². The van der Waals surface area contributed by atoms with Gasteiger partial charge in [-0.1, -0.05) is 15.9 Å². The molecule has 2 nitrogen and oxygen atoms in total. The molecule has 8 heavy (non-hydrogen) atoms. The first kappa shape index (κ1) is 8.17. The maximum absolute atomic E-state index is 10.4. The van der Waals surface area contributed by atoms with Gasteiger partial charge in [-0.2, -0.15) is 0 Å². The molecule has 0 aromatic carbocycles. The lowest BCUT2D eigenvalue weighted by atomic mass is 10.7. The standard InChI is InChI=1S/C4H4Br2O2/c1-8-4(7)3(6)2-5/h2H,1H3/b3-2+. The lowest BCUT2D eigenvalue weighted by Gasteiger charge is -1.91. The van der Waals surface area contributed by atoms with Crippen LogP contribution in [0.1, 0.15) is 0 Å². The summed E-state index contributed by atoms with van der Waals surface area (Å²) >= 11 is 5.89. The fourth-order valence-corrected chi connectivity index (χ4v) is 0.491. The van der Waals surface area contributed by atoms with Crippen LogP contribution in [-0.2, 0) is 9.53 Å². The maximum Gasteiger partial charge on any atom is 0.345 e. The molecule has 0 spiro atoms. The van der Waals surface area contributed by atoms with Gasteiger partial charge in [0, 0.05) is 4.99 Å². The minimum Gasteiger partial charge on any atom is -0.465 e. The zero-order valence-corrected chi connectivity index (χ0v) is 7.32. The van der Waals surface area contributed by atoms with Gasteiger partial charge in [-0.3, -0.25) is 0 Å². The zero-order chi connectivity index (χ0) is 6.57. The predicted molar refractivity (Wildman–Crippen MR) is 38.0 cm³/mol. The van der Waals surface area contributed by atoms with Crippen molar-refractivity contribution < 1.29 is 9.53 Å². The summed E-state index contributed by atoms with van der Waals surface area (Å²) in [6, 6.07) is 0. The summed E-state index contributed by atoms with van der Waals surface area (Å²) in [5, 5.41) is 0. The van der Waals surface area contributed by atoms with Crippen LogP contribution in [0.15, 0.2) is 9.47 Å². The molecule has 0 unspecified atom stereocenters. The summed E-state index contributed by atoms with van der Waals surface area (Å²) in [7, 11) is 1.32. The first-order valence-corrected chi connectivity index (χ1v) is 3.47. The Morgan fingerprint density at radius 2 is 2.25 bits per heavy atom. The zero-order valence-electron chi connectivity index (χ0n) is 4.15. The molecule has 0 heterocycles. The fraction of sp³-hybridized carbons (Fsp3) is 0.250. The van der Waals surface area contributed by atoms with Crippen molar-refractivity contribution in [1.82, 2.24) is 0 Å². The van der Waals surface area contributed by atoms with Gasteiger partial charge in [-0.05, 0) is 15.9 Å².